The molecule has 0 fully saturated rings. The fourth-order valence-electron chi connectivity index (χ4n) is 1.45. The number of rotatable bonds is 3. The number of carbonyl (C=O) groups excluding carboxylic acids is 1. The molecule has 0 spiro atoms. The molecule has 0 radical (unpaired) electrons. The molecule has 2 N–H and O–H groups in total. The van der Waals surface area contributed by atoms with Crippen LogP contribution in [0.4, 0.5) is 5.82 Å². The van der Waals surface area contributed by atoms with Crippen LogP contribution in [0.1, 0.15) is 28.8 Å². The van der Waals surface area contributed by atoms with Gasteiger partial charge in [0.05, 0.1) is 0 Å². The van der Waals surface area contributed by atoms with Crippen LogP contribution in [0.3, 0.4) is 0 Å². The first kappa shape index (κ1) is 11.3. The molecule has 1 amide bonds. The van der Waals surface area contributed by atoms with E-state index in [9.17, 15) is 4.79 Å². The van der Waals surface area contributed by atoms with E-state index >= 15 is 0 Å². The van der Waals surface area contributed by atoms with Gasteiger partial charge in [0.25, 0.3) is 5.91 Å². The van der Waals surface area contributed by atoms with E-state index in [-0.39, 0.29) is 5.91 Å². The average Bonchev–Trinajstić information content (AvgIpc) is 2.77. The number of aromatic nitrogens is 3. The molecule has 88 valence electrons. The van der Waals surface area contributed by atoms with Gasteiger partial charge in [-0.05, 0) is 31.5 Å². The van der Waals surface area contributed by atoms with Crippen molar-refractivity contribution in [3.63, 3.8) is 0 Å². The third-order valence-corrected chi connectivity index (χ3v) is 2.37. The van der Waals surface area contributed by atoms with E-state index in [2.05, 4.69) is 20.5 Å². The highest BCUT2D eigenvalue weighted by atomic mass is 16.2. The molecule has 2 aromatic rings. The highest BCUT2D eigenvalue weighted by molar-refractivity contribution is 6.02. The van der Waals surface area contributed by atoms with E-state index in [4.69, 9.17) is 0 Å². The van der Waals surface area contributed by atoms with Crippen molar-refractivity contribution in [1.29, 1.82) is 0 Å². The highest BCUT2D eigenvalue weighted by Crippen LogP contribution is 2.07. The predicted octanol–water partition coefficient (Wildman–Crippen LogP) is 1.93. The maximum absolute atomic E-state index is 11.8. The van der Waals surface area contributed by atoms with E-state index < -0.39 is 0 Å². The van der Waals surface area contributed by atoms with E-state index in [1.807, 2.05) is 26.0 Å². The van der Waals surface area contributed by atoms with Crippen LogP contribution in [0.2, 0.25) is 0 Å². The van der Waals surface area contributed by atoms with Gasteiger partial charge in [0.1, 0.15) is 5.82 Å². The minimum Gasteiger partial charge on any atom is -0.305 e. The van der Waals surface area contributed by atoms with Crippen LogP contribution < -0.4 is 5.32 Å². The Morgan fingerprint density at radius 1 is 1.47 bits per heavy atom. The maximum atomic E-state index is 11.8. The third-order valence-electron chi connectivity index (χ3n) is 2.37. The standard InChI is InChI=1S/C12H14N4O/c1-3-9-7-10(16-15-9)12(17)14-11-6-4-5-8(2)13-11/h4-7H,3H2,1-2H3,(H,15,16)(H,13,14,17). The van der Waals surface area contributed by atoms with Crippen LogP contribution in [0.25, 0.3) is 0 Å². The monoisotopic (exact) mass is 230 g/mol. The lowest BCUT2D eigenvalue weighted by molar-refractivity contribution is 0.102. The largest absolute Gasteiger partial charge is 0.305 e. The quantitative estimate of drug-likeness (QED) is 0.846. The van der Waals surface area contributed by atoms with Gasteiger partial charge in [0.2, 0.25) is 0 Å². The fraction of sp³-hybridized carbons (Fsp3) is 0.250. The summed E-state index contributed by atoms with van der Waals surface area (Å²) in [6.07, 6.45) is 0.822. The van der Waals surface area contributed by atoms with E-state index in [1.165, 1.54) is 0 Å². The van der Waals surface area contributed by atoms with Gasteiger partial charge in [-0.1, -0.05) is 13.0 Å². The fourth-order valence-corrected chi connectivity index (χ4v) is 1.45. The number of aromatic amines is 1. The van der Waals surface area contributed by atoms with E-state index in [1.54, 1.807) is 12.1 Å². The number of hydrogen-bond donors (Lipinski definition) is 2. The van der Waals surface area contributed by atoms with E-state index in [0.29, 0.717) is 11.5 Å². The first-order chi connectivity index (χ1) is 8.19. The number of aryl methyl sites for hydroxylation is 2. The summed E-state index contributed by atoms with van der Waals surface area (Å²) in [7, 11) is 0. The summed E-state index contributed by atoms with van der Waals surface area (Å²) < 4.78 is 0. The summed E-state index contributed by atoms with van der Waals surface area (Å²) in [6, 6.07) is 7.21. The summed E-state index contributed by atoms with van der Waals surface area (Å²) in [5.74, 6) is 0.287. The van der Waals surface area contributed by atoms with Gasteiger partial charge in [-0.3, -0.25) is 9.89 Å². The van der Waals surface area contributed by atoms with Gasteiger partial charge in [-0.15, -0.1) is 0 Å². The van der Waals surface area contributed by atoms with Crippen LogP contribution in [0, 0.1) is 6.92 Å². The van der Waals surface area contributed by atoms with E-state index in [0.717, 1.165) is 17.8 Å². The van der Waals surface area contributed by atoms with Crippen molar-refractivity contribution in [3.05, 3.63) is 41.3 Å². The Kier molecular flexibility index (Phi) is 3.18. The molecule has 0 aliphatic rings. The highest BCUT2D eigenvalue weighted by Gasteiger charge is 2.10. The molecule has 0 bridgehead atoms. The van der Waals surface area contributed by atoms with Crippen molar-refractivity contribution in [2.75, 3.05) is 5.32 Å². The Morgan fingerprint density at radius 2 is 2.29 bits per heavy atom. The Balaban J connectivity index is 2.11. The van der Waals surface area contributed by atoms with Crippen molar-refractivity contribution in [3.8, 4) is 0 Å². The molecular formula is C12H14N4O. The number of anilines is 1. The lowest BCUT2D eigenvalue weighted by Gasteiger charge is -2.02. The summed E-state index contributed by atoms with van der Waals surface area (Å²) in [6.45, 7) is 3.87. The Labute approximate surface area is 99.3 Å². The van der Waals surface area contributed by atoms with Crippen LogP contribution in [-0.2, 0) is 6.42 Å². The first-order valence-corrected chi connectivity index (χ1v) is 5.48. The molecule has 2 aromatic heterocycles. The Hall–Kier alpha value is -2.17. The predicted molar refractivity (Wildman–Crippen MR) is 64.9 cm³/mol. The van der Waals surface area contributed by atoms with Gasteiger partial charge in [-0.2, -0.15) is 5.10 Å². The minimum absolute atomic E-state index is 0.251. The summed E-state index contributed by atoms with van der Waals surface area (Å²) in [5.41, 5.74) is 2.18. The van der Waals surface area contributed by atoms with Crippen molar-refractivity contribution in [1.82, 2.24) is 15.2 Å². The molecule has 17 heavy (non-hydrogen) atoms. The summed E-state index contributed by atoms with van der Waals surface area (Å²) in [4.78, 5) is 16.0. The topological polar surface area (TPSA) is 70.7 Å². The molecule has 2 heterocycles. The average molecular weight is 230 g/mol. The molecule has 0 aliphatic heterocycles. The van der Waals surface area contributed by atoms with Gasteiger partial charge in [0, 0.05) is 11.4 Å². The number of pyridine rings is 1. The van der Waals surface area contributed by atoms with Gasteiger partial charge >= 0.3 is 0 Å². The van der Waals surface area contributed by atoms with Crippen LogP contribution in [-0.4, -0.2) is 21.1 Å². The number of hydrogen-bond acceptors (Lipinski definition) is 3. The van der Waals surface area contributed by atoms with Gasteiger partial charge < -0.3 is 5.32 Å². The zero-order chi connectivity index (χ0) is 12.3. The second-order valence-corrected chi connectivity index (χ2v) is 3.75. The van der Waals surface area contributed by atoms with Crippen LogP contribution in [0.5, 0.6) is 0 Å². The van der Waals surface area contributed by atoms with Crippen molar-refractivity contribution >= 4 is 11.7 Å². The molecule has 0 saturated carbocycles. The lowest BCUT2D eigenvalue weighted by Crippen LogP contribution is -2.13. The summed E-state index contributed by atoms with van der Waals surface area (Å²) >= 11 is 0. The maximum Gasteiger partial charge on any atom is 0.277 e. The number of amides is 1. The van der Waals surface area contributed by atoms with Crippen molar-refractivity contribution in [2.45, 2.75) is 20.3 Å². The van der Waals surface area contributed by atoms with Crippen LogP contribution >= 0.6 is 0 Å². The SMILES string of the molecule is CCc1cc(C(=O)Nc2cccc(C)n2)n[nH]1. The first-order valence-electron chi connectivity index (χ1n) is 5.48. The molecule has 0 aliphatic carbocycles. The van der Waals surface area contributed by atoms with Crippen molar-refractivity contribution < 1.29 is 4.79 Å². The molecule has 5 nitrogen and oxygen atoms in total. The summed E-state index contributed by atoms with van der Waals surface area (Å²) in [5, 5.41) is 9.45. The second kappa shape index (κ2) is 4.78. The van der Waals surface area contributed by atoms with Gasteiger partial charge in [0.15, 0.2) is 5.69 Å². The smallest absolute Gasteiger partial charge is 0.277 e. The molecular weight excluding hydrogens is 216 g/mol. The zero-order valence-electron chi connectivity index (χ0n) is 9.82. The second-order valence-electron chi connectivity index (χ2n) is 3.75. The Bertz CT molecular complexity index is 533. The molecule has 0 atom stereocenters. The number of nitrogens with one attached hydrogen (secondary N) is 2. The number of H-pyrrole nitrogens is 1. The van der Waals surface area contributed by atoms with Gasteiger partial charge in [-0.25, -0.2) is 4.98 Å². The molecule has 5 heteroatoms. The van der Waals surface area contributed by atoms with Crippen LogP contribution in [0.15, 0.2) is 24.3 Å². The minimum atomic E-state index is -0.251. The molecule has 0 saturated heterocycles. The molecule has 0 unspecified atom stereocenters. The Morgan fingerprint density at radius 3 is 2.94 bits per heavy atom. The third kappa shape index (κ3) is 2.69. The normalized spacial score (nSPS) is 10.2. The molecule has 0 aromatic carbocycles. The molecule has 2 rings (SSSR count). The van der Waals surface area contributed by atoms with Crippen molar-refractivity contribution in [2.24, 2.45) is 0 Å². The number of carbonyl (C=O) groups is 1. The number of nitrogens with zero attached hydrogens (tertiary/aromatic N) is 2. The zero-order valence-corrected chi connectivity index (χ0v) is 9.82. The lowest BCUT2D eigenvalue weighted by atomic mass is 10.3.